The molecule has 0 aliphatic rings. The SMILES string of the molecule is CC/C=C/C/C=C/C/C=C/C/C=C/C/C=C/CCCC(=O)OCC(COCCC(C(=O)[O-])[N+](C)(C)C)OC(=O)CCCCCCCCCCCCCCCCCCCCCCCCC. The number of aliphatic carboxylic acids is 1. The molecule has 2 unspecified atom stereocenters. The summed E-state index contributed by atoms with van der Waals surface area (Å²) in [7, 11) is 5.40. The third-order valence-corrected chi connectivity index (χ3v) is 11.7. The van der Waals surface area contributed by atoms with Crippen molar-refractivity contribution in [2.24, 2.45) is 0 Å². The van der Waals surface area contributed by atoms with E-state index in [-0.39, 0.29) is 49.1 Å². The zero-order valence-corrected chi connectivity index (χ0v) is 42.2. The Morgan fingerprint density at radius 1 is 0.484 bits per heavy atom. The number of esters is 2. The highest BCUT2D eigenvalue weighted by atomic mass is 16.6. The number of nitrogens with zero attached hydrogens (tertiary/aromatic N) is 1. The van der Waals surface area contributed by atoms with E-state index >= 15 is 0 Å². The van der Waals surface area contributed by atoms with Crippen LogP contribution < -0.4 is 5.11 Å². The Balaban J connectivity index is 4.26. The molecule has 0 aromatic carbocycles. The highest BCUT2D eigenvalue weighted by Crippen LogP contribution is 2.16. The number of allylic oxidation sites excluding steroid dienone is 10. The molecule has 64 heavy (non-hydrogen) atoms. The van der Waals surface area contributed by atoms with Crippen molar-refractivity contribution in [3.8, 4) is 0 Å². The molecule has 0 rings (SSSR count). The lowest BCUT2D eigenvalue weighted by atomic mass is 10.0. The fourth-order valence-corrected chi connectivity index (χ4v) is 7.64. The number of carboxylic acids is 1. The topological polar surface area (TPSA) is 102 Å². The average molecular weight is 898 g/mol. The van der Waals surface area contributed by atoms with Crippen molar-refractivity contribution in [3.05, 3.63) is 60.8 Å². The van der Waals surface area contributed by atoms with Crippen molar-refractivity contribution < 1.29 is 38.2 Å². The van der Waals surface area contributed by atoms with Crippen molar-refractivity contribution in [2.75, 3.05) is 41.0 Å². The van der Waals surface area contributed by atoms with Crippen LogP contribution in [0.5, 0.6) is 0 Å². The van der Waals surface area contributed by atoms with Gasteiger partial charge in [-0.05, 0) is 51.4 Å². The van der Waals surface area contributed by atoms with Crippen molar-refractivity contribution in [2.45, 2.75) is 238 Å². The normalized spacial score (nSPS) is 13.3. The molecule has 0 saturated carbocycles. The summed E-state index contributed by atoms with van der Waals surface area (Å²) in [6.45, 7) is 4.52. The van der Waals surface area contributed by atoms with E-state index in [0.717, 1.165) is 57.8 Å². The molecular weight excluding hydrogens is 799 g/mol. The first kappa shape index (κ1) is 61.0. The summed E-state index contributed by atoms with van der Waals surface area (Å²) in [5, 5.41) is 11.7. The van der Waals surface area contributed by atoms with Gasteiger partial charge in [-0.25, -0.2) is 0 Å². The Kier molecular flexibility index (Phi) is 44.4. The van der Waals surface area contributed by atoms with E-state index in [1.54, 1.807) is 21.1 Å². The van der Waals surface area contributed by atoms with E-state index in [1.165, 1.54) is 128 Å². The third-order valence-electron chi connectivity index (χ3n) is 11.7. The predicted molar refractivity (Wildman–Crippen MR) is 268 cm³/mol. The van der Waals surface area contributed by atoms with Crippen LogP contribution in [0.4, 0.5) is 0 Å². The van der Waals surface area contributed by atoms with Crippen LogP contribution in [-0.2, 0) is 28.6 Å². The summed E-state index contributed by atoms with van der Waals surface area (Å²) in [5.41, 5.74) is 0. The number of unbranched alkanes of at least 4 members (excludes halogenated alkanes) is 23. The first-order valence-electron chi connectivity index (χ1n) is 26.3. The molecule has 2 atom stereocenters. The van der Waals surface area contributed by atoms with Crippen molar-refractivity contribution in [1.29, 1.82) is 0 Å². The zero-order valence-electron chi connectivity index (χ0n) is 42.2. The summed E-state index contributed by atoms with van der Waals surface area (Å²) in [6.07, 6.45) is 58.4. The van der Waals surface area contributed by atoms with Gasteiger partial charge in [-0.3, -0.25) is 9.59 Å². The molecule has 8 nitrogen and oxygen atoms in total. The lowest BCUT2D eigenvalue weighted by Crippen LogP contribution is -2.55. The molecule has 0 fully saturated rings. The summed E-state index contributed by atoms with van der Waals surface area (Å²) in [4.78, 5) is 37.0. The lowest BCUT2D eigenvalue weighted by Gasteiger charge is -2.34. The zero-order chi connectivity index (χ0) is 47.0. The van der Waals surface area contributed by atoms with Gasteiger partial charge in [0.25, 0.3) is 0 Å². The Hall–Kier alpha value is -2.97. The second-order valence-electron chi connectivity index (χ2n) is 18.7. The van der Waals surface area contributed by atoms with Crippen molar-refractivity contribution in [1.82, 2.24) is 0 Å². The number of carbonyl (C=O) groups is 3. The third kappa shape index (κ3) is 44.2. The number of carboxylic acid groups (broad SMARTS) is 1. The van der Waals surface area contributed by atoms with E-state index in [4.69, 9.17) is 14.2 Å². The maximum absolute atomic E-state index is 12.8. The van der Waals surface area contributed by atoms with Gasteiger partial charge in [0.15, 0.2) is 6.10 Å². The number of rotatable bonds is 47. The molecule has 0 radical (unpaired) electrons. The van der Waals surface area contributed by atoms with Crippen LogP contribution in [0.15, 0.2) is 60.8 Å². The molecule has 0 saturated heterocycles. The minimum atomic E-state index is -1.13. The molecule has 0 N–H and O–H groups in total. The van der Waals surface area contributed by atoms with Crippen LogP contribution in [0.2, 0.25) is 0 Å². The number of hydrogen-bond acceptors (Lipinski definition) is 7. The van der Waals surface area contributed by atoms with E-state index in [1.807, 2.05) is 0 Å². The second-order valence-corrected chi connectivity index (χ2v) is 18.7. The van der Waals surface area contributed by atoms with Gasteiger partial charge in [-0.15, -0.1) is 0 Å². The molecule has 0 spiro atoms. The van der Waals surface area contributed by atoms with Crippen LogP contribution in [0, 0.1) is 0 Å². The Labute approximate surface area is 394 Å². The number of carbonyl (C=O) groups excluding carboxylic acids is 3. The van der Waals surface area contributed by atoms with Gasteiger partial charge in [0.2, 0.25) is 0 Å². The molecule has 0 bridgehead atoms. The summed E-state index contributed by atoms with van der Waals surface area (Å²) in [6, 6.07) is -0.736. The molecule has 8 heteroatoms. The van der Waals surface area contributed by atoms with Gasteiger partial charge in [0.1, 0.15) is 12.6 Å². The smallest absolute Gasteiger partial charge is 0.306 e. The molecule has 0 aromatic heterocycles. The average Bonchev–Trinajstić information content (AvgIpc) is 3.26. The minimum absolute atomic E-state index is 0.0232. The van der Waals surface area contributed by atoms with Crippen LogP contribution in [0.1, 0.15) is 226 Å². The highest BCUT2D eigenvalue weighted by molar-refractivity contribution is 5.70. The van der Waals surface area contributed by atoms with E-state index in [9.17, 15) is 19.5 Å². The second kappa shape index (κ2) is 46.6. The number of likely N-dealkylation sites (N-methyl/N-ethyl adjacent to an activating group) is 1. The first-order chi connectivity index (χ1) is 31.1. The number of quaternary nitrogens is 1. The van der Waals surface area contributed by atoms with Gasteiger partial charge in [-0.2, -0.15) is 0 Å². The van der Waals surface area contributed by atoms with E-state index in [2.05, 4.69) is 74.6 Å². The van der Waals surface area contributed by atoms with E-state index < -0.39 is 18.1 Å². The van der Waals surface area contributed by atoms with Gasteiger partial charge in [0, 0.05) is 19.3 Å². The van der Waals surface area contributed by atoms with Crippen molar-refractivity contribution in [3.63, 3.8) is 0 Å². The largest absolute Gasteiger partial charge is 0.544 e. The first-order valence-corrected chi connectivity index (χ1v) is 26.3. The van der Waals surface area contributed by atoms with Crippen LogP contribution in [0.25, 0.3) is 0 Å². The number of ether oxygens (including phenoxy) is 3. The standard InChI is InChI=1S/C56H99NO7/c1-6-8-10-12-14-16-18-20-22-24-25-26-27-28-29-31-33-35-37-39-41-43-45-47-55(59)64-52(50-62-49-48-53(56(60)61)57(3,4)5)51-63-54(58)46-44-42-40-38-36-34-32-30-23-21-19-17-15-13-11-9-7-2/h9,11,15,17,21,23,32,34,38,40,52-53H,6-8,10,12-14,16,18-20,22,24-31,33,35-37,39,41-51H2,1-5H3/b11-9+,17-15+,23-21+,34-32+,40-38+. The maximum atomic E-state index is 12.8. The van der Waals surface area contributed by atoms with Crippen LogP contribution >= 0.6 is 0 Å². The minimum Gasteiger partial charge on any atom is -0.544 e. The quantitative estimate of drug-likeness (QED) is 0.0259. The van der Waals surface area contributed by atoms with Crippen LogP contribution in [-0.4, -0.2) is 75.5 Å². The highest BCUT2D eigenvalue weighted by Gasteiger charge is 2.25. The molecule has 0 amide bonds. The fourth-order valence-electron chi connectivity index (χ4n) is 7.64. The Bertz CT molecular complexity index is 1230. The van der Waals surface area contributed by atoms with Gasteiger partial charge < -0.3 is 28.6 Å². The number of hydrogen-bond donors (Lipinski definition) is 0. The monoisotopic (exact) mass is 898 g/mol. The van der Waals surface area contributed by atoms with E-state index in [0.29, 0.717) is 12.8 Å². The van der Waals surface area contributed by atoms with Gasteiger partial charge in [0.05, 0.1) is 40.3 Å². The molecule has 0 heterocycles. The van der Waals surface area contributed by atoms with Gasteiger partial charge in [-0.1, -0.05) is 216 Å². The maximum Gasteiger partial charge on any atom is 0.306 e. The molecule has 370 valence electrons. The Morgan fingerprint density at radius 2 is 0.875 bits per heavy atom. The van der Waals surface area contributed by atoms with Gasteiger partial charge >= 0.3 is 11.9 Å². The molecule has 0 aliphatic heterocycles. The van der Waals surface area contributed by atoms with Crippen LogP contribution in [0.3, 0.4) is 0 Å². The van der Waals surface area contributed by atoms with Crippen molar-refractivity contribution >= 4 is 17.9 Å². The molecule has 0 aliphatic carbocycles. The molecular formula is C56H99NO7. The fraction of sp³-hybridized carbons (Fsp3) is 0.768. The lowest BCUT2D eigenvalue weighted by molar-refractivity contribution is -0.889. The summed E-state index contributed by atoms with van der Waals surface area (Å²) >= 11 is 0. The summed E-state index contributed by atoms with van der Waals surface area (Å²) in [5.74, 6) is -1.80. The summed E-state index contributed by atoms with van der Waals surface area (Å²) < 4.78 is 17.2. The molecule has 0 aromatic rings. The predicted octanol–water partition coefficient (Wildman–Crippen LogP) is 14.0. The Morgan fingerprint density at radius 3 is 1.28 bits per heavy atom.